The minimum absolute atomic E-state index is 0.414. The second-order valence-corrected chi connectivity index (χ2v) is 4.93. The van der Waals surface area contributed by atoms with Crippen molar-refractivity contribution in [2.75, 3.05) is 10.9 Å². The molecule has 8 heteroatoms. The number of para-hydroxylation sites is 2. The number of hydrogen-bond acceptors (Lipinski definition) is 4. The van der Waals surface area contributed by atoms with Crippen LogP contribution in [-0.2, 0) is 9.59 Å². The molecule has 0 saturated heterocycles. The number of carbonyl (C=O) groups is 2. The highest BCUT2D eigenvalue weighted by Crippen LogP contribution is 2.20. The summed E-state index contributed by atoms with van der Waals surface area (Å²) in [5.74, 6) is -1.78. The van der Waals surface area contributed by atoms with Crippen molar-refractivity contribution in [3.8, 4) is 0 Å². The molecular weight excluding hydrogens is 327 g/mol. The summed E-state index contributed by atoms with van der Waals surface area (Å²) in [5.41, 5.74) is 10.5. The molecule has 0 radical (unpaired) electrons. The Morgan fingerprint density at radius 3 is 1.41 bits per heavy atom. The predicted octanol–water partition coefficient (Wildman–Crippen LogP) is 2.58. The first kappa shape index (κ1) is 15.9. The lowest BCUT2D eigenvalue weighted by molar-refractivity contribution is -0.138. The number of carbonyl (C=O) groups excluding carboxylic acids is 2. The van der Waals surface area contributed by atoms with Crippen LogP contribution in [0.3, 0.4) is 0 Å². The number of nitrogens with one attached hydrogen (secondary N) is 4. The van der Waals surface area contributed by atoms with E-state index in [1.807, 2.05) is 0 Å². The minimum Gasteiger partial charge on any atom is -0.297 e. The van der Waals surface area contributed by atoms with Crippen LogP contribution in [0.1, 0.15) is 0 Å². The quantitative estimate of drug-likeness (QED) is 0.510. The summed E-state index contributed by atoms with van der Waals surface area (Å²) < 4.78 is 0. The van der Waals surface area contributed by atoms with E-state index in [4.69, 9.17) is 23.2 Å². The van der Waals surface area contributed by atoms with E-state index in [-0.39, 0.29) is 0 Å². The number of halogens is 2. The minimum atomic E-state index is -0.889. The molecule has 114 valence electrons. The van der Waals surface area contributed by atoms with Crippen LogP contribution in [0.2, 0.25) is 10.0 Å². The van der Waals surface area contributed by atoms with Gasteiger partial charge in [-0.1, -0.05) is 47.5 Å². The average Bonchev–Trinajstić information content (AvgIpc) is 2.52. The van der Waals surface area contributed by atoms with Crippen molar-refractivity contribution in [1.29, 1.82) is 0 Å². The molecule has 0 fully saturated rings. The third-order valence-electron chi connectivity index (χ3n) is 2.58. The van der Waals surface area contributed by atoms with Crippen LogP contribution >= 0.6 is 23.2 Å². The molecule has 22 heavy (non-hydrogen) atoms. The molecule has 2 aromatic carbocycles. The van der Waals surface area contributed by atoms with Gasteiger partial charge < -0.3 is 0 Å². The van der Waals surface area contributed by atoms with Crippen LogP contribution in [0.5, 0.6) is 0 Å². The topological polar surface area (TPSA) is 82.3 Å². The van der Waals surface area contributed by atoms with Crippen molar-refractivity contribution in [3.05, 3.63) is 58.6 Å². The number of benzene rings is 2. The Bertz CT molecular complexity index is 635. The zero-order chi connectivity index (χ0) is 15.9. The fourth-order valence-electron chi connectivity index (χ4n) is 1.49. The maximum atomic E-state index is 11.6. The van der Waals surface area contributed by atoms with E-state index in [0.717, 1.165) is 0 Å². The lowest BCUT2D eigenvalue weighted by Crippen LogP contribution is -2.44. The fourth-order valence-corrected chi connectivity index (χ4v) is 1.85. The van der Waals surface area contributed by atoms with Gasteiger partial charge >= 0.3 is 11.8 Å². The van der Waals surface area contributed by atoms with Crippen molar-refractivity contribution in [3.63, 3.8) is 0 Å². The van der Waals surface area contributed by atoms with Gasteiger partial charge in [-0.3, -0.25) is 31.3 Å². The molecule has 2 aromatic rings. The Hall–Kier alpha value is -2.44. The third-order valence-corrected chi connectivity index (χ3v) is 3.23. The first-order valence-corrected chi connectivity index (χ1v) is 6.95. The van der Waals surface area contributed by atoms with Crippen LogP contribution in [0.4, 0.5) is 11.4 Å². The molecule has 0 spiro atoms. The number of amides is 2. The van der Waals surface area contributed by atoms with Gasteiger partial charge in [-0.05, 0) is 24.3 Å². The monoisotopic (exact) mass is 338 g/mol. The number of anilines is 2. The molecule has 0 unspecified atom stereocenters. The van der Waals surface area contributed by atoms with E-state index in [1.54, 1.807) is 48.5 Å². The molecule has 0 aliphatic carbocycles. The zero-order valence-corrected chi connectivity index (χ0v) is 12.7. The molecule has 2 rings (SSSR count). The normalized spacial score (nSPS) is 9.73. The summed E-state index contributed by atoms with van der Waals surface area (Å²) in [6, 6.07) is 13.6. The Labute approximate surface area is 136 Å². The molecule has 0 aromatic heterocycles. The van der Waals surface area contributed by atoms with Gasteiger partial charge in [0.15, 0.2) is 0 Å². The van der Waals surface area contributed by atoms with Gasteiger partial charge in [0.2, 0.25) is 0 Å². The van der Waals surface area contributed by atoms with Gasteiger partial charge in [-0.2, -0.15) is 0 Å². The molecule has 0 heterocycles. The highest BCUT2D eigenvalue weighted by atomic mass is 35.5. The van der Waals surface area contributed by atoms with Gasteiger partial charge in [-0.25, -0.2) is 0 Å². The first-order chi connectivity index (χ1) is 10.6. The molecule has 4 N–H and O–H groups in total. The van der Waals surface area contributed by atoms with E-state index < -0.39 is 11.8 Å². The van der Waals surface area contributed by atoms with Gasteiger partial charge in [0, 0.05) is 0 Å². The van der Waals surface area contributed by atoms with E-state index >= 15 is 0 Å². The second-order valence-electron chi connectivity index (χ2n) is 4.12. The molecule has 2 amide bonds. The van der Waals surface area contributed by atoms with Gasteiger partial charge in [-0.15, -0.1) is 0 Å². The van der Waals surface area contributed by atoms with Crippen LogP contribution in [0.25, 0.3) is 0 Å². The third kappa shape index (κ3) is 4.28. The number of hydrazine groups is 2. The smallest absolute Gasteiger partial charge is 0.297 e. The van der Waals surface area contributed by atoms with Crippen molar-refractivity contribution in [1.82, 2.24) is 10.9 Å². The maximum Gasteiger partial charge on any atom is 0.329 e. The van der Waals surface area contributed by atoms with E-state index in [9.17, 15) is 9.59 Å². The second kappa shape index (κ2) is 7.53. The summed E-state index contributed by atoms with van der Waals surface area (Å²) in [6.07, 6.45) is 0. The van der Waals surface area contributed by atoms with Gasteiger partial charge in [0.05, 0.1) is 21.4 Å². The Balaban J connectivity index is 1.84. The molecule has 0 saturated carbocycles. The van der Waals surface area contributed by atoms with Crippen molar-refractivity contribution in [2.24, 2.45) is 0 Å². The standard InChI is InChI=1S/C14H12Cl2N4O2/c15-9-5-1-3-7-11(9)17-19-13(21)14(22)20-18-12-8-4-2-6-10(12)16/h1-8,17-18H,(H,19,21)(H,20,22). The van der Waals surface area contributed by atoms with Crippen LogP contribution in [0, 0.1) is 0 Å². The van der Waals surface area contributed by atoms with Crippen molar-refractivity contribution < 1.29 is 9.59 Å². The zero-order valence-electron chi connectivity index (χ0n) is 11.2. The number of rotatable bonds is 4. The lowest BCUT2D eigenvalue weighted by atomic mass is 10.3. The molecule has 0 atom stereocenters. The average molecular weight is 339 g/mol. The summed E-state index contributed by atoms with van der Waals surface area (Å²) in [4.78, 5) is 23.3. The predicted molar refractivity (Wildman–Crippen MR) is 86.4 cm³/mol. The Morgan fingerprint density at radius 2 is 1.05 bits per heavy atom. The molecule has 0 bridgehead atoms. The fraction of sp³-hybridized carbons (Fsp3) is 0. The largest absolute Gasteiger partial charge is 0.329 e. The lowest BCUT2D eigenvalue weighted by Gasteiger charge is -2.11. The van der Waals surface area contributed by atoms with Crippen LogP contribution in [0.15, 0.2) is 48.5 Å². The summed E-state index contributed by atoms with van der Waals surface area (Å²) >= 11 is 11.8. The summed E-state index contributed by atoms with van der Waals surface area (Å²) in [7, 11) is 0. The van der Waals surface area contributed by atoms with E-state index in [2.05, 4.69) is 21.7 Å². The summed E-state index contributed by atoms with van der Waals surface area (Å²) in [6.45, 7) is 0. The van der Waals surface area contributed by atoms with Crippen molar-refractivity contribution in [2.45, 2.75) is 0 Å². The van der Waals surface area contributed by atoms with Crippen LogP contribution in [-0.4, -0.2) is 11.8 Å². The Kier molecular flexibility index (Phi) is 5.46. The number of hydrogen-bond donors (Lipinski definition) is 4. The first-order valence-electron chi connectivity index (χ1n) is 6.19. The van der Waals surface area contributed by atoms with Gasteiger partial charge in [0.1, 0.15) is 0 Å². The van der Waals surface area contributed by atoms with E-state index in [0.29, 0.717) is 21.4 Å². The summed E-state index contributed by atoms with van der Waals surface area (Å²) in [5, 5.41) is 0.829. The highest BCUT2D eigenvalue weighted by Gasteiger charge is 2.13. The molecule has 0 aliphatic heterocycles. The maximum absolute atomic E-state index is 11.6. The van der Waals surface area contributed by atoms with Crippen molar-refractivity contribution >= 4 is 46.4 Å². The highest BCUT2D eigenvalue weighted by molar-refractivity contribution is 6.36. The van der Waals surface area contributed by atoms with Gasteiger partial charge in [0.25, 0.3) is 0 Å². The van der Waals surface area contributed by atoms with Crippen LogP contribution < -0.4 is 21.7 Å². The molecule has 6 nitrogen and oxygen atoms in total. The van der Waals surface area contributed by atoms with E-state index in [1.165, 1.54) is 0 Å². The Morgan fingerprint density at radius 1 is 0.682 bits per heavy atom. The molecule has 0 aliphatic rings. The SMILES string of the molecule is O=C(NNc1ccccc1Cl)C(=O)NNc1ccccc1Cl. The molecular formula is C14H12Cl2N4O2.